The molecule has 0 unspecified atom stereocenters. The summed E-state index contributed by atoms with van der Waals surface area (Å²) in [5.74, 6) is 0. The second-order valence-electron chi connectivity index (χ2n) is 3.69. The molecule has 0 atom stereocenters. The van der Waals surface area contributed by atoms with Crippen molar-refractivity contribution in [2.45, 2.75) is 12.7 Å². The third kappa shape index (κ3) is 2.46. The smallest absolute Gasteiger partial charge is 0.301 e. The molecule has 0 fully saturated rings. The molecule has 19 heavy (non-hydrogen) atoms. The van der Waals surface area contributed by atoms with Crippen molar-refractivity contribution in [3.8, 4) is 0 Å². The van der Waals surface area contributed by atoms with Crippen LogP contribution >= 0.6 is 11.6 Å². The molecule has 1 aromatic heterocycles. The molecule has 0 bridgehead atoms. The highest BCUT2D eigenvalue weighted by Gasteiger charge is 2.30. The van der Waals surface area contributed by atoms with Crippen LogP contribution in [0.3, 0.4) is 0 Å². The van der Waals surface area contributed by atoms with E-state index in [0.29, 0.717) is 6.29 Å². The summed E-state index contributed by atoms with van der Waals surface area (Å²) < 4.78 is 38.5. The van der Waals surface area contributed by atoms with Gasteiger partial charge in [-0.3, -0.25) is 9.36 Å². The summed E-state index contributed by atoms with van der Waals surface area (Å²) in [7, 11) is 0. The van der Waals surface area contributed by atoms with Gasteiger partial charge in [-0.2, -0.15) is 13.2 Å². The molecule has 0 spiro atoms. The molecule has 0 saturated carbocycles. The molecule has 0 aliphatic heterocycles. The molecule has 4 nitrogen and oxygen atoms in total. The Balaban J connectivity index is 2.74. The van der Waals surface area contributed by atoms with Crippen molar-refractivity contribution in [2.24, 2.45) is 0 Å². The van der Waals surface area contributed by atoms with E-state index in [-0.39, 0.29) is 22.7 Å². The zero-order valence-electron chi connectivity index (χ0n) is 9.24. The van der Waals surface area contributed by atoms with Crippen LogP contribution in [0.25, 0.3) is 10.9 Å². The molecule has 0 radical (unpaired) electrons. The monoisotopic (exact) mass is 290 g/mol. The molecule has 2 aromatic rings. The van der Waals surface area contributed by atoms with Crippen LogP contribution in [0.15, 0.2) is 23.0 Å². The second-order valence-corrected chi connectivity index (χ2v) is 4.03. The summed E-state index contributed by atoms with van der Waals surface area (Å²) in [6.07, 6.45) is -4.08. The summed E-state index contributed by atoms with van der Waals surface area (Å²) in [5, 5.41) is -0.358. The first-order valence-electron chi connectivity index (χ1n) is 5.05. The molecule has 1 heterocycles. The molecular weight excluding hydrogens is 285 g/mol. The van der Waals surface area contributed by atoms with Crippen LogP contribution in [0.4, 0.5) is 13.2 Å². The average Bonchev–Trinajstić information content (AvgIpc) is 2.32. The quantitative estimate of drug-likeness (QED) is 0.630. The van der Waals surface area contributed by atoms with E-state index in [9.17, 15) is 22.8 Å². The van der Waals surface area contributed by atoms with Gasteiger partial charge >= 0.3 is 6.18 Å². The Kier molecular flexibility index (Phi) is 3.32. The molecule has 100 valence electrons. The number of aromatic nitrogens is 2. The van der Waals surface area contributed by atoms with E-state index in [2.05, 4.69) is 4.98 Å². The van der Waals surface area contributed by atoms with Gasteiger partial charge < -0.3 is 4.79 Å². The molecule has 2 rings (SSSR count). The third-order valence-electron chi connectivity index (χ3n) is 2.49. The Hall–Kier alpha value is -1.89. The lowest BCUT2D eigenvalue weighted by molar-refractivity contribution is -0.137. The number of hydrogen-bond acceptors (Lipinski definition) is 3. The van der Waals surface area contributed by atoms with Crippen molar-refractivity contribution >= 4 is 28.8 Å². The number of carbonyl (C=O) groups is 1. The summed E-state index contributed by atoms with van der Waals surface area (Å²) in [6.45, 7) is -0.304. The molecule has 0 saturated heterocycles. The van der Waals surface area contributed by atoms with Gasteiger partial charge in [0, 0.05) is 0 Å². The van der Waals surface area contributed by atoms with Gasteiger partial charge in [-0.1, -0.05) is 0 Å². The van der Waals surface area contributed by atoms with E-state index in [0.717, 1.165) is 22.8 Å². The molecule has 0 N–H and O–H groups in total. The van der Waals surface area contributed by atoms with Crippen molar-refractivity contribution in [1.82, 2.24) is 9.55 Å². The van der Waals surface area contributed by atoms with Gasteiger partial charge in [0.05, 0.1) is 23.0 Å². The standard InChI is InChI=1S/C11H6ClF3N2O2/c12-10-16-8-5-6(11(13,14)15)1-2-7(8)9(19)17(10)3-4-18/h1-2,4-5H,3H2. The van der Waals surface area contributed by atoms with E-state index < -0.39 is 17.3 Å². The molecule has 0 aliphatic rings. The second kappa shape index (κ2) is 4.65. The number of aldehydes is 1. The molecule has 0 amide bonds. The van der Waals surface area contributed by atoms with Gasteiger partial charge in [-0.25, -0.2) is 4.98 Å². The van der Waals surface area contributed by atoms with Crippen molar-refractivity contribution in [3.63, 3.8) is 0 Å². The van der Waals surface area contributed by atoms with Gasteiger partial charge in [-0.05, 0) is 29.8 Å². The maximum atomic E-state index is 12.5. The Morgan fingerprint density at radius 3 is 2.63 bits per heavy atom. The lowest BCUT2D eigenvalue weighted by atomic mass is 10.1. The summed E-state index contributed by atoms with van der Waals surface area (Å²) >= 11 is 5.67. The predicted molar refractivity (Wildman–Crippen MR) is 62.1 cm³/mol. The predicted octanol–water partition coefficient (Wildman–Crippen LogP) is 2.27. The van der Waals surface area contributed by atoms with E-state index in [4.69, 9.17) is 11.6 Å². The highest BCUT2D eigenvalue weighted by Crippen LogP contribution is 2.30. The zero-order chi connectivity index (χ0) is 14.2. The van der Waals surface area contributed by atoms with E-state index in [1.165, 1.54) is 0 Å². The first-order valence-corrected chi connectivity index (χ1v) is 5.43. The number of benzene rings is 1. The van der Waals surface area contributed by atoms with Crippen molar-refractivity contribution < 1.29 is 18.0 Å². The number of fused-ring (bicyclic) bond motifs is 1. The molecular formula is C11H6ClF3N2O2. The lowest BCUT2D eigenvalue weighted by Gasteiger charge is -2.09. The van der Waals surface area contributed by atoms with Gasteiger partial charge in [0.25, 0.3) is 5.56 Å². The van der Waals surface area contributed by atoms with Gasteiger partial charge in [0.15, 0.2) is 0 Å². The van der Waals surface area contributed by atoms with Crippen molar-refractivity contribution in [1.29, 1.82) is 0 Å². The fraction of sp³-hybridized carbons (Fsp3) is 0.182. The fourth-order valence-electron chi connectivity index (χ4n) is 1.60. The number of halogens is 4. The average molecular weight is 291 g/mol. The van der Waals surface area contributed by atoms with Crippen LogP contribution in [0.2, 0.25) is 5.28 Å². The number of alkyl halides is 3. The topological polar surface area (TPSA) is 52.0 Å². The van der Waals surface area contributed by atoms with E-state index >= 15 is 0 Å². The normalized spacial score (nSPS) is 11.8. The Morgan fingerprint density at radius 2 is 2.05 bits per heavy atom. The fourth-order valence-corrected chi connectivity index (χ4v) is 1.84. The minimum Gasteiger partial charge on any atom is -0.301 e. The number of nitrogens with zero attached hydrogens (tertiary/aromatic N) is 2. The van der Waals surface area contributed by atoms with Crippen LogP contribution < -0.4 is 5.56 Å². The Labute approximate surface area is 109 Å². The number of rotatable bonds is 2. The maximum Gasteiger partial charge on any atom is 0.416 e. The van der Waals surface area contributed by atoms with Gasteiger partial charge in [0.1, 0.15) is 6.29 Å². The highest BCUT2D eigenvalue weighted by atomic mass is 35.5. The minimum absolute atomic E-state index is 0.0285. The van der Waals surface area contributed by atoms with Crippen LogP contribution in [0, 0.1) is 0 Å². The van der Waals surface area contributed by atoms with E-state index in [1.807, 2.05) is 0 Å². The maximum absolute atomic E-state index is 12.5. The largest absolute Gasteiger partial charge is 0.416 e. The molecule has 8 heteroatoms. The van der Waals surface area contributed by atoms with Crippen LogP contribution in [0.5, 0.6) is 0 Å². The van der Waals surface area contributed by atoms with Gasteiger partial charge in [-0.15, -0.1) is 0 Å². The van der Waals surface area contributed by atoms with Crippen LogP contribution in [-0.4, -0.2) is 15.8 Å². The zero-order valence-corrected chi connectivity index (χ0v) is 10.00. The SMILES string of the molecule is O=CCn1c(Cl)nc2cc(C(F)(F)F)ccc2c1=O. The first kappa shape index (κ1) is 13.5. The first-order chi connectivity index (χ1) is 8.84. The van der Waals surface area contributed by atoms with Gasteiger partial charge in [0.2, 0.25) is 5.28 Å². The Bertz CT molecular complexity index is 709. The summed E-state index contributed by atoms with van der Waals surface area (Å²) in [5.41, 5.74) is -1.74. The van der Waals surface area contributed by atoms with Crippen LogP contribution in [0.1, 0.15) is 5.56 Å². The number of carbonyl (C=O) groups excluding carboxylic acids is 1. The molecule has 1 aromatic carbocycles. The lowest BCUT2D eigenvalue weighted by Crippen LogP contribution is -2.23. The van der Waals surface area contributed by atoms with E-state index in [1.54, 1.807) is 0 Å². The summed E-state index contributed by atoms with van der Waals surface area (Å²) in [6, 6.07) is 2.55. The molecule has 0 aliphatic carbocycles. The minimum atomic E-state index is -4.53. The number of hydrogen-bond donors (Lipinski definition) is 0. The van der Waals surface area contributed by atoms with Crippen LogP contribution in [-0.2, 0) is 17.5 Å². The van der Waals surface area contributed by atoms with Crippen molar-refractivity contribution in [3.05, 3.63) is 39.4 Å². The third-order valence-corrected chi connectivity index (χ3v) is 2.78. The highest BCUT2D eigenvalue weighted by molar-refractivity contribution is 6.28. The Morgan fingerprint density at radius 1 is 1.37 bits per heavy atom. The summed E-state index contributed by atoms with van der Waals surface area (Å²) in [4.78, 5) is 26.0. The van der Waals surface area contributed by atoms with Crippen molar-refractivity contribution in [2.75, 3.05) is 0 Å².